The SMILES string of the molecule is Cn1c2ccccc2c2ccc3c(ccc4ccc5c6ccccc6n(-c6ccccc6)c5c43)c21.N=c1c2ccccc2oc2cccc(N)c12. The lowest BCUT2D eigenvalue weighted by atomic mass is 9.97. The van der Waals surface area contributed by atoms with Crippen LogP contribution in [-0.2, 0) is 7.05 Å². The number of nitrogens with two attached hydrogens (primary N) is 1. The highest BCUT2D eigenvalue weighted by molar-refractivity contribution is 6.29. The number of hydrogen-bond acceptors (Lipinski definition) is 3. The molecular weight excluding hydrogens is 625 g/mol. The van der Waals surface area contributed by atoms with Crippen molar-refractivity contribution in [2.24, 2.45) is 7.05 Å². The Morgan fingerprint density at radius 2 is 1.04 bits per heavy atom. The summed E-state index contributed by atoms with van der Waals surface area (Å²) < 4.78 is 10.5. The Labute approximate surface area is 292 Å². The zero-order valence-corrected chi connectivity index (χ0v) is 27.9. The number of anilines is 1. The van der Waals surface area contributed by atoms with Gasteiger partial charge in [-0.2, -0.15) is 0 Å². The summed E-state index contributed by atoms with van der Waals surface area (Å²) in [6.45, 7) is 0. The maximum Gasteiger partial charge on any atom is 0.138 e. The number of aromatic nitrogens is 2. The van der Waals surface area contributed by atoms with Crippen molar-refractivity contribution in [2.75, 3.05) is 5.73 Å². The van der Waals surface area contributed by atoms with E-state index in [4.69, 9.17) is 15.6 Å². The van der Waals surface area contributed by atoms with Crippen molar-refractivity contribution in [3.05, 3.63) is 163 Å². The summed E-state index contributed by atoms with van der Waals surface area (Å²) in [5, 5.41) is 20.4. The van der Waals surface area contributed by atoms with E-state index in [9.17, 15) is 0 Å². The largest absolute Gasteiger partial charge is 0.456 e. The average molecular weight is 657 g/mol. The number of nitrogen functional groups attached to an aromatic ring is 1. The molecule has 0 bridgehead atoms. The molecule has 0 radical (unpaired) electrons. The van der Waals surface area contributed by atoms with E-state index in [2.05, 4.69) is 131 Å². The number of hydrogen-bond donors (Lipinski definition) is 2. The van der Waals surface area contributed by atoms with E-state index < -0.39 is 0 Å². The standard InChI is InChI=1S/C33H22N2.C13H10N2O/c1-34-29-13-7-5-11-23(29)26-20-19-25-28(32(26)34)18-16-21-15-17-27-24-12-6-8-14-30(24)35(33(27)31(21)25)22-9-3-2-4-10-22;14-9-5-3-7-11-12(9)13(15)8-4-1-2-6-10(8)16-11/h2-20H,1H3;1-7,15H,14H2. The highest BCUT2D eigenvalue weighted by atomic mass is 16.3. The van der Waals surface area contributed by atoms with Crippen LogP contribution in [-0.4, -0.2) is 9.13 Å². The topological polar surface area (TPSA) is 72.9 Å². The Balaban J connectivity index is 0.000000171. The van der Waals surface area contributed by atoms with Gasteiger partial charge in [-0.05, 0) is 59.3 Å². The summed E-state index contributed by atoms with van der Waals surface area (Å²) in [5.41, 5.74) is 14.1. The van der Waals surface area contributed by atoms with Crippen molar-refractivity contribution in [3.8, 4) is 5.69 Å². The second-order valence-corrected chi connectivity index (χ2v) is 13.1. The third kappa shape index (κ3) is 4.25. The highest BCUT2D eigenvalue weighted by Gasteiger charge is 2.18. The van der Waals surface area contributed by atoms with Gasteiger partial charge in [0, 0.05) is 61.6 Å². The van der Waals surface area contributed by atoms with Crippen LogP contribution in [0, 0.1) is 5.41 Å². The number of fused-ring (bicyclic) bond motifs is 13. The molecule has 0 saturated heterocycles. The Kier molecular flexibility index (Phi) is 6.33. The molecule has 0 spiro atoms. The van der Waals surface area contributed by atoms with E-state index in [-0.39, 0.29) is 0 Å². The van der Waals surface area contributed by atoms with E-state index >= 15 is 0 Å². The summed E-state index contributed by atoms with van der Waals surface area (Å²) in [5.74, 6) is 0. The minimum atomic E-state index is 0.426. The van der Waals surface area contributed by atoms with Gasteiger partial charge in [0.15, 0.2) is 0 Å². The van der Waals surface area contributed by atoms with Crippen LogP contribution in [0.25, 0.3) is 92.8 Å². The van der Waals surface area contributed by atoms with Gasteiger partial charge in [-0.1, -0.05) is 109 Å². The molecule has 0 amide bonds. The molecule has 0 atom stereocenters. The fourth-order valence-electron chi connectivity index (χ4n) is 8.12. The number of nitrogens with one attached hydrogen (secondary N) is 1. The van der Waals surface area contributed by atoms with Gasteiger partial charge in [-0.25, -0.2) is 0 Å². The van der Waals surface area contributed by atoms with Crippen molar-refractivity contribution in [3.63, 3.8) is 0 Å². The normalized spacial score (nSPS) is 11.8. The molecule has 0 aliphatic heterocycles. The van der Waals surface area contributed by atoms with Crippen LogP contribution in [0.5, 0.6) is 0 Å². The Bertz CT molecular complexity index is 3240. The first kappa shape index (κ1) is 29.1. The summed E-state index contributed by atoms with van der Waals surface area (Å²) in [6, 6.07) is 55.0. The fraction of sp³-hybridized carbons (Fsp3) is 0.0217. The zero-order chi connectivity index (χ0) is 34.2. The van der Waals surface area contributed by atoms with Gasteiger partial charge in [0.1, 0.15) is 11.2 Å². The molecule has 3 heterocycles. The average Bonchev–Trinajstić information content (AvgIpc) is 3.67. The lowest BCUT2D eigenvalue weighted by Gasteiger charge is -2.12. The van der Waals surface area contributed by atoms with Crippen molar-refractivity contribution in [2.45, 2.75) is 0 Å². The molecule has 3 N–H and O–H groups in total. The lowest BCUT2D eigenvalue weighted by Crippen LogP contribution is -2.05. The quantitative estimate of drug-likeness (QED) is 0.105. The Morgan fingerprint density at radius 3 is 1.82 bits per heavy atom. The predicted octanol–water partition coefficient (Wildman–Crippen LogP) is 11.4. The molecule has 242 valence electrons. The third-order valence-corrected chi connectivity index (χ3v) is 10.4. The Morgan fingerprint density at radius 1 is 0.471 bits per heavy atom. The summed E-state index contributed by atoms with van der Waals surface area (Å²) >= 11 is 0. The molecule has 51 heavy (non-hydrogen) atoms. The van der Waals surface area contributed by atoms with Gasteiger partial charge in [0.25, 0.3) is 0 Å². The van der Waals surface area contributed by atoms with Crippen molar-refractivity contribution >= 4 is 92.8 Å². The van der Waals surface area contributed by atoms with E-state index in [1.165, 1.54) is 70.8 Å². The van der Waals surface area contributed by atoms with Crippen LogP contribution in [0.2, 0.25) is 0 Å². The highest BCUT2D eigenvalue weighted by Crippen LogP contribution is 2.42. The van der Waals surface area contributed by atoms with Crippen LogP contribution < -0.4 is 11.1 Å². The first-order chi connectivity index (χ1) is 25.1. The predicted molar refractivity (Wildman–Crippen MR) is 214 cm³/mol. The van der Waals surface area contributed by atoms with Crippen molar-refractivity contribution in [1.82, 2.24) is 9.13 Å². The molecule has 8 aromatic carbocycles. The smallest absolute Gasteiger partial charge is 0.138 e. The molecule has 5 nitrogen and oxygen atoms in total. The van der Waals surface area contributed by atoms with Crippen molar-refractivity contribution < 1.29 is 4.42 Å². The summed E-state index contributed by atoms with van der Waals surface area (Å²) in [7, 11) is 2.19. The molecule has 0 unspecified atom stereocenters. The summed E-state index contributed by atoms with van der Waals surface area (Å²) in [4.78, 5) is 0. The van der Waals surface area contributed by atoms with Gasteiger partial charge in [-0.15, -0.1) is 0 Å². The van der Waals surface area contributed by atoms with E-state index in [0.717, 1.165) is 5.39 Å². The van der Waals surface area contributed by atoms with E-state index in [0.29, 0.717) is 27.6 Å². The molecule has 0 fully saturated rings. The maximum atomic E-state index is 8.13. The van der Waals surface area contributed by atoms with E-state index in [1.54, 1.807) is 6.07 Å². The van der Waals surface area contributed by atoms with Crippen LogP contribution in [0.1, 0.15) is 0 Å². The fourth-order valence-corrected chi connectivity index (χ4v) is 8.12. The number of benzene rings is 8. The lowest BCUT2D eigenvalue weighted by molar-refractivity contribution is 0.659. The molecular formula is C46H32N4O. The number of nitrogens with zero attached hydrogens (tertiary/aromatic N) is 2. The molecule has 0 aliphatic carbocycles. The van der Waals surface area contributed by atoms with Gasteiger partial charge >= 0.3 is 0 Å². The van der Waals surface area contributed by atoms with Crippen LogP contribution >= 0.6 is 0 Å². The van der Waals surface area contributed by atoms with Crippen LogP contribution in [0.15, 0.2) is 162 Å². The Hall–Kier alpha value is -6.85. The van der Waals surface area contributed by atoms with Gasteiger partial charge in [-0.3, -0.25) is 5.41 Å². The molecule has 0 aliphatic rings. The number of para-hydroxylation sites is 4. The molecule has 0 saturated carbocycles. The minimum absolute atomic E-state index is 0.426. The second-order valence-electron chi connectivity index (χ2n) is 13.1. The first-order valence-electron chi connectivity index (χ1n) is 17.1. The van der Waals surface area contributed by atoms with Gasteiger partial charge < -0.3 is 19.3 Å². The van der Waals surface area contributed by atoms with Crippen LogP contribution in [0.3, 0.4) is 0 Å². The molecule has 3 aromatic heterocycles. The number of rotatable bonds is 1. The van der Waals surface area contributed by atoms with Gasteiger partial charge in [0.2, 0.25) is 0 Å². The summed E-state index contributed by atoms with van der Waals surface area (Å²) in [6.07, 6.45) is 0. The minimum Gasteiger partial charge on any atom is -0.456 e. The zero-order valence-electron chi connectivity index (χ0n) is 27.9. The number of aryl methyl sites for hydroxylation is 1. The first-order valence-corrected chi connectivity index (χ1v) is 17.1. The maximum absolute atomic E-state index is 8.13. The monoisotopic (exact) mass is 656 g/mol. The second kappa shape index (κ2) is 11.1. The molecule has 11 aromatic rings. The van der Waals surface area contributed by atoms with Crippen molar-refractivity contribution in [1.29, 1.82) is 5.41 Å². The van der Waals surface area contributed by atoms with E-state index in [1.807, 2.05) is 36.4 Å². The van der Waals surface area contributed by atoms with Crippen LogP contribution in [0.4, 0.5) is 5.69 Å². The molecule has 5 heteroatoms. The van der Waals surface area contributed by atoms with Gasteiger partial charge in [0.05, 0.1) is 27.3 Å². The molecule has 11 rings (SSSR count). The third-order valence-electron chi connectivity index (χ3n) is 10.4.